The minimum atomic E-state index is -4.71. The maximum atomic E-state index is 13.2. The topological polar surface area (TPSA) is 126 Å². The second kappa shape index (κ2) is 6.43. The number of hydrogen-bond acceptors (Lipinski definition) is 6. The summed E-state index contributed by atoms with van der Waals surface area (Å²) < 4.78 is 69.5. The summed E-state index contributed by atoms with van der Waals surface area (Å²) in [5.74, 6) is -0.386. The molecule has 3 fully saturated rings. The van der Waals surface area contributed by atoms with Gasteiger partial charge in [-0.25, -0.2) is 23.1 Å². The summed E-state index contributed by atoms with van der Waals surface area (Å²) in [7, 11) is -3.91. The van der Waals surface area contributed by atoms with Gasteiger partial charge in [-0.3, -0.25) is 4.40 Å². The fraction of sp³-hybridized carbons (Fsp3) is 0.350. The van der Waals surface area contributed by atoms with E-state index in [2.05, 4.69) is 20.8 Å². The molecule has 2 aromatic heterocycles. The predicted octanol–water partition coefficient (Wildman–Crippen LogP) is 3.11. The number of imidazole rings is 1. The molecular formula is C20H17F3N6O2S. The van der Waals surface area contributed by atoms with Gasteiger partial charge in [0.1, 0.15) is 0 Å². The molecule has 3 aromatic rings. The number of nitrogen functional groups attached to an aromatic ring is 1. The summed E-state index contributed by atoms with van der Waals surface area (Å²) in [6.45, 7) is 0. The van der Waals surface area contributed by atoms with E-state index in [-0.39, 0.29) is 22.1 Å². The standard InChI is InChI=1S/C20H17F3N6O2S/c21-20(22,23)15-8-29-14(7-26-17(29)16(25)27-15)12-2-1-3-13(6-12)32(30,31)28-19-5-4-18(9-19,10-19)11-24/h1-3,6-8,28H,4-5,9-10H2,(H2,25,27). The number of rotatable bonds is 4. The summed E-state index contributed by atoms with van der Waals surface area (Å²) in [5, 5.41) is 9.29. The maximum absolute atomic E-state index is 13.2. The Balaban J connectivity index is 1.52. The first-order valence-electron chi connectivity index (χ1n) is 9.73. The molecule has 0 spiro atoms. The summed E-state index contributed by atoms with van der Waals surface area (Å²) in [4.78, 5) is 7.37. The van der Waals surface area contributed by atoms with E-state index in [1.54, 1.807) is 6.07 Å². The maximum Gasteiger partial charge on any atom is 0.434 e. The van der Waals surface area contributed by atoms with Crippen LogP contribution in [0.4, 0.5) is 19.0 Å². The number of benzene rings is 1. The van der Waals surface area contributed by atoms with Crippen molar-refractivity contribution in [2.75, 3.05) is 5.73 Å². The largest absolute Gasteiger partial charge is 0.434 e. The molecule has 32 heavy (non-hydrogen) atoms. The lowest BCUT2D eigenvalue weighted by Crippen LogP contribution is -2.55. The quantitative estimate of drug-likeness (QED) is 0.614. The van der Waals surface area contributed by atoms with Crippen molar-refractivity contribution in [1.82, 2.24) is 19.1 Å². The number of fused-ring (bicyclic) bond motifs is 2. The Labute approximate surface area is 180 Å². The Morgan fingerprint density at radius 3 is 2.66 bits per heavy atom. The van der Waals surface area contributed by atoms with Gasteiger partial charge < -0.3 is 5.73 Å². The second-order valence-electron chi connectivity index (χ2n) is 8.51. The number of anilines is 1. The number of halogens is 3. The Morgan fingerprint density at radius 1 is 1.25 bits per heavy atom. The smallest absolute Gasteiger partial charge is 0.381 e. The number of nitrogens with one attached hydrogen (secondary N) is 1. The zero-order valence-electron chi connectivity index (χ0n) is 16.5. The van der Waals surface area contributed by atoms with E-state index in [1.165, 1.54) is 24.4 Å². The van der Waals surface area contributed by atoms with E-state index in [0.717, 1.165) is 10.6 Å². The average Bonchev–Trinajstić information content (AvgIpc) is 3.38. The van der Waals surface area contributed by atoms with Crippen molar-refractivity contribution in [3.8, 4) is 17.3 Å². The molecule has 8 nitrogen and oxygen atoms in total. The van der Waals surface area contributed by atoms with Crippen molar-refractivity contribution < 1.29 is 21.6 Å². The lowest BCUT2D eigenvalue weighted by molar-refractivity contribution is -0.141. The van der Waals surface area contributed by atoms with Crippen LogP contribution in [-0.2, 0) is 16.2 Å². The fourth-order valence-electron chi connectivity index (χ4n) is 4.86. The number of nitriles is 1. The number of nitrogens with zero attached hydrogens (tertiary/aromatic N) is 4. The first kappa shape index (κ1) is 20.7. The van der Waals surface area contributed by atoms with Gasteiger partial charge in [0.25, 0.3) is 0 Å². The molecule has 2 bridgehead atoms. The third kappa shape index (κ3) is 3.11. The van der Waals surface area contributed by atoms with Crippen molar-refractivity contribution in [3.05, 3.63) is 42.4 Å². The molecule has 3 N–H and O–H groups in total. The monoisotopic (exact) mass is 462 g/mol. The van der Waals surface area contributed by atoms with Gasteiger partial charge in [0.15, 0.2) is 17.2 Å². The first-order valence-corrected chi connectivity index (χ1v) is 11.2. The molecule has 0 unspecified atom stereocenters. The van der Waals surface area contributed by atoms with Crippen molar-refractivity contribution in [3.63, 3.8) is 0 Å². The molecule has 0 aliphatic heterocycles. The van der Waals surface area contributed by atoms with Gasteiger partial charge in [0.05, 0.1) is 28.3 Å². The van der Waals surface area contributed by atoms with Crippen LogP contribution in [0.25, 0.3) is 16.9 Å². The van der Waals surface area contributed by atoms with E-state index in [0.29, 0.717) is 31.2 Å². The van der Waals surface area contributed by atoms with Gasteiger partial charge in [0, 0.05) is 17.3 Å². The van der Waals surface area contributed by atoms with Gasteiger partial charge in [-0.1, -0.05) is 12.1 Å². The van der Waals surface area contributed by atoms with Gasteiger partial charge in [0.2, 0.25) is 10.0 Å². The molecule has 12 heteroatoms. The van der Waals surface area contributed by atoms with Crippen LogP contribution in [0, 0.1) is 16.7 Å². The van der Waals surface area contributed by atoms with Crippen LogP contribution in [0.1, 0.15) is 31.4 Å². The number of alkyl halides is 3. The SMILES string of the molecule is N#CC12CCC(NS(=O)(=O)c3cccc(-c4cnc5c(N)nc(C(F)(F)F)cn45)c3)(C1)C2. The molecular weight excluding hydrogens is 445 g/mol. The Morgan fingerprint density at radius 2 is 2.00 bits per heavy atom. The lowest BCUT2D eigenvalue weighted by Gasteiger charge is -2.43. The van der Waals surface area contributed by atoms with Crippen molar-refractivity contribution in [2.24, 2.45) is 5.41 Å². The van der Waals surface area contributed by atoms with Crippen LogP contribution in [0.15, 0.2) is 41.6 Å². The molecule has 2 heterocycles. The highest BCUT2D eigenvalue weighted by Crippen LogP contribution is 2.61. The average molecular weight is 462 g/mol. The minimum absolute atomic E-state index is 0.0289. The fourth-order valence-corrected chi connectivity index (χ4v) is 6.34. The second-order valence-corrected chi connectivity index (χ2v) is 10.2. The molecule has 1 aromatic carbocycles. The van der Waals surface area contributed by atoms with E-state index < -0.39 is 32.8 Å². The highest BCUT2D eigenvalue weighted by Gasteiger charge is 2.62. The molecule has 6 rings (SSSR count). The summed E-state index contributed by atoms with van der Waals surface area (Å²) >= 11 is 0. The summed E-state index contributed by atoms with van der Waals surface area (Å²) in [6.07, 6.45) is -0.397. The Kier molecular flexibility index (Phi) is 4.16. The first-order chi connectivity index (χ1) is 15.0. The van der Waals surface area contributed by atoms with Crippen LogP contribution in [0.2, 0.25) is 0 Å². The van der Waals surface area contributed by atoms with Crippen molar-refractivity contribution in [2.45, 2.75) is 42.3 Å². The van der Waals surface area contributed by atoms with E-state index in [4.69, 9.17) is 5.73 Å². The van der Waals surface area contributed by atoms with Gasteiger partial charge >= 0.3 is 6.18 Å². The Bertz CT molecular complexity index is 1400. The normalized spacial score (nSPS) is 24.9. The highest BCUT2D eigenvalue weighted by molar-refractivity contribution is 7.89. The van der Waals surface area contributed by atoms with Crippen LogP contribution in [-0.4, -0.2) is 28.3 Å². The highest BCUT2D eigenvalue weighted by atomic mass is 32.2. The Hall–Kier alpha value is -3.17. The van der Waals surface area contributed by atoms with Gasteiger partial charge in [-0.05, 0) is 37.8 Å². The van der Waals surface area contributed by atoms with Crippen LogP contribution < -0.4 is 10.5 Å². The van der Waals surface area contributed by atoms with Crippen molar-refractivity contribution >= 4 is 21.5 Å². The number of sulfonamides is 1. The molecule has 3 saturated carbocycles. The van der Waals surface area contributed by atoms with E-state index in [1.807, 2.05) is 0 Å². The molecule has 0 radical (unpaired) electrons. The zero-order chi connectivity index (χ0) is 22.9. The number of nitrogens with two attached hydrogens (primary N) is 1. The number of aromatic nitrogens is 3. The van der Waals surface area contributed by atoms with Gasteiger partial charge in [-0.2, -0.15) is 18.4 Å². The molecule has 166 valence electrons. The minimum Gasteiger partial charge on any atom is -0.381 e. The summed E-state index contributed by atoms with van der Waals surface area (Å²) in [5.41, 5.74) is 4.04. The van der Waals surface area contributed by atoms with Crippen LogP contribution >= 0.6 is 0 Å². The molecule has 0 atom stereocenters. The molecule has 3 aliphatic carbocycles. The van der Waals surface area contributed by atoms with Crippen LogP contribution in [0.5, 0.6) is 0 Å². The predicted molar refractivity (Wildman–Crippen MR) is 107 cm³/mol. The summed E-state index contributed by atoms with van der Waals surface area (Å²) in [6, 6.07) is 8.14. The van der Waals surface area contributed by atoms with Crippen molar-refractivity contribution in [1.29, 1.82) is 5.26 Å². The lowest BCUT2D eigenvalue weighted by atomic mass is 9.66. The van der Waals surface area contributed by atoms with E-state index in [9.17, 15) is 26.9 Å². The van der Waals surface area contributed by atoms with E-state index >= 15 is 0 Å². The molecule has 0 amide bonds. The van der Waals surface area contributed by atoms with Crippen LogP contribution in [0.3, 0.4) is 0 Å². The zero-order valence-corrected chi connectivity index (χ0v) is 17.3. The number of hydrogen-bond donors (Lipinski definition) is 2. The molecule has 3 aliphatic rings. The van der Waals surface area contributed by atoms with Gasteiger partial charge in [-0.15, -0.1) is 0 Å². The third-order valence-corrected chi connectivity index (χ3v) is 7.85. The third-order valence-electron chi connectivity index (χ3n) is 6.27. The molecule has 0 saturated heterocycles.